The van der Waals surface area contributed by atoms with Gasteiger partial charge in [0.15, 0.2) is 6.29 Å². The van der Waals surface area contributed by atoms with Crippen LogP contribution < -0.4 is 10.0 Å². The molecule has 55 heavy (non-hydrogen) atoms. The van der Waals surface area contributed by atoms with Crippen LogP contribution in [0.2, 0.25) is 0 Å². The summed E-state index contributed by atoms with van der Waals surface area (Å²) in [7, 11) is -2.14. The van der Waals surface area contributed by atoms with Crippen molar-refractivity contribution in [2.45, 2.75) is 61.9 Å². The molecule has 12 heteroatoms. The summed E-state index contributed by atoms with van der Waals surface area (Å²) in [6, 6.07) is 35.7. The molecule has 6 rings (SSSR count). The fourth-order valence-corrected chi connectivity index (χ4v) is 7.79. The standard InChI is InChI=1S/C43H47N3O8S/c1-29-14-20-38(21-15-29)55(51,52)45-39(22-30-8-4-3-5-9-30)42(50)44-35-12-6-11-34(23-35)43-53-37(25-41(54-43)32-18-16-31(28-47)17-19-32)26-46(2)27-40(49)33-10-7-13-36(48)24-33/h3-21,23-24,37,39-41,43,45,47-49H,22,25-28H2,1-2H3,(H,44,50)/t37-,39+,40+,41+,43?/m0/s1. The van der Waals surface area contributed by atoms with Crippen molar-refractivity contribution in [1.82, 2.24) is 9.62 Å². The first-order valence-electron chi connectivity index (χ1n) is 18.2. The number of aliphatic hydroxyl groups is 2. The molecule has 1 unspecified atom stereocenters. The van der Waals surface area contributed by atoms with Crippen LogP contribution in [0, 0.1) is 6.92 Å². The van der Waals surface area contributed by atoms with Crippen LogP contribution in [-0.4, -0.2) is 66.8 Å². The lowest BCUT2D eigenvalue weighted by atomic mass is 9.99. The number of nitrogens with zero attached hydrogens (tertiary/aromatic N) is 1. The Morgan fingerprint density at radius 1 is 0.855 bits per heavy atom. The first-order chi connectivity index (χ1) is 26.4. The number of phenols is 1. The predicted octanol–water partition coefficient (Wildman–Crippen LogP) is 5.93. The van der Waals surface area contributed by atoms with Gasteiger partial charge in [0.25, 0.3) is 0 Å². The van der Waals surface area contributed by atoms with E-state index in [1.807, 2.05) is 79.5 Å². The molecule has 0 saturated carbocycles. The van der Waals surface area contributed by atoms with Gasteiger partial charge in [-0.1, -0.05) is 96.6 Å². The molecular formula is C43H47N3O8S. The highest BCUT2D eigenvalue weighted by Crippen LogP contribution is 2.39. The summed E-state index contributed by atoms with van der Waals surface area (Å²) in [6.07, 6.45) is -1.72. The number of likely N-dealkylation sites (N-methyl/N-ethyl adjacent to an activating group) is 1. The summed E-state index contributed by atoms with van der Waals surface area (Å²) in [5.41, 5.74) is 5.06. The number of carbonyl (C=O) groups excluding carboxylic acids is 1. The van der Waals surface area contributed by atoms with Crippen LogP contribution in [0.3, 0.4) is 0 Å². The van der Waals surface area contributed by atoms with E-state index in [0.29, 0.717) is 36.3 Å². The summed E-state index contributed by atoms with van der Waals surface area (Å²) >= 11 is 0. The Kier molecular flexibility index (Phi) is 13.1. The number of hydrogen-bond acceptors (Lipinski definition) is 9. The minimum absolute atomic E-state index is 0.0622. The molecule has 1 amide bonds. The average Bonchev–Trinajstić information content (AvgIpc) is 3.18. The van der Waals surface area contributed by atoms with Crippen LogP contribution in [0.5, 0.6) is 5.75 Å². The highest BCUT2D eigenvalue weighted by atomic mass is 32.2. The smallest absolute Gasteiger partial charge is 0.242 e. The first-order valence-corrected chi connectivity index (χ1v) is 19.6. The third-order valence-electron chi connectivity index (χ3n) is 9.52. The maximum absolute atomic E-state index is 13.9. The molecule has 5 aromatic carbocycles. The van der Waals surface area contributed by atoms with Gasteiger partial charge in [0.1, 0.15) is 11.8 Å². The number of hydrogen-bond donors (Lipinski definition) is 5. The summed E-state index contributed by atoms with van der Waals surface area (Å²) in [5, 5.41) is 33.3. The monoisotopic (exact) mass is 765 g/mol. The summed E-state index contributed by atoms with van der Waals surface area (Å²) in [5.74, 6) is -0.452. The highest BCUT2D eigenvalue weighted by molar-refractivity contribution is 7.89. The average molecular weight is 766 g/mol. The van der Waals surface area contributed by atoms with Crippen LogP contribution in [0.25, 0.3) is 0 Å². The molecule has 288 valence electrons. The zero-order chi connectivity index (χ0) is 39.0. The zero-order valence-electron chi connectivity index (χ0n) is 30.8. The number of sulfonamides is 1. The van der Waals surface area contributed by atoms with Gasteiger partial charge < -0.3 is 35.0 Å². The lowest BCUT2D eigenvalue weighted by Crippen LogP contribution is -2.45. The molecule has 0 spiro atoms. The van der Waals surface area contributed by atoms with Crippen molar-refractivity contribution in [3.8, 4) is 5.75 Å². The van der Waals surface area contributed by atoms with Gasteiger partial charge >= 0.3 is 0 Å². The maximum Gasteiger partial charge on any atom is 0.242 e. The molecular weight excluding hydrogens is 719 g/mol. The molecule has 5 atom stereocenters. The van der Waals surface area contributed by atoms with Crippen LogP contribution in [-0.2, 0) is 37.3 Å². The molecule has 1 fully saturated rings. The van der Waals surface area contributed by atoms with E-state index >= 15 is 0 Å². The number of aliphatic hydroxyl groups excluding tert-OH is 2. The first kappa shape index (κ1) is 39.8. The zero-order valence-corrected chi connectivity index (χ0v) is 31.6. The van der Waals surface area contributed by atoms with Gasteiger partial charge in [0, 0.05) is 30.8 Å². The number of phenolic OH excluding ortho intramolecular Hbond substituents is 1. The third-order valence-corrected chi connectivity index (χ3v) is 11.0. The Bertz CT molecular complexity index is 2130. The van der Waals surface area contributed by atoms with Crippen LogP contribution in [0.1, 0.15) is 58.3 Å². The number of ether oxygens (including phenoxy) is 2. The van der Waals surface area contributed by atoms with Crippen molar-refractivity contribution in [3.05, 3.63) is 161 Å². The summed E-state index contributed by atoms with van der Waals surface area (Å²) in [6.45, 7) is 2.54. The van der Waals surface area contributed by atoms with Gasteiger partial charge in [-0.15, -0.1) is 0 Å². The van der Waals surface area contributed by atoms with E-state index in [1.165, 1.54) is 12.1 Å². The maximum atomic E-state index is 13.9. The van der Waals surface area contributed by atoms with Gasteiger partial charge in [-0.3, -0.25) is 4.79 Å². The lowest BCUT2D eigenvalue weighted by molar-refractivity contribution is -0.252. The molecule has 1 saturated heterocycles. The van der Waals surface area contributed by atoms with E-state index in [2.05, 4.69) is 10.0 Å². The van der Waals surface area contributed by atoms with Crippen LogP contribution >= 0.6 is 0 Å². The number of anilines is 1. The molecule has 0 aromatic heterocycles. The Hall–Kier alpha value is -4.92. The van der Waals surface area contributed by atoms with E-state index in [4.69, 9.17) is 9.47 Å². The SMILES string of the molecule is Cc1ccc(S(=O)(=O)N[C@H](Cc2ccccc2)C(=O)Nc2cccc(C3O[C@H](CN(C)C[C@@H](O)c4cccc(O)c4)C[C@H](c4ccc(CO)cc4)O3)c2)cc1. The van der Waals surface area contributed by atoms with Crippen molar-refractivity contribution < 1.29 is 38.0 Å². The molecule has 0 aliphatic carbocycles. The number of amides is 1. The van der Waals surface area contributed by atoms with Gasteiger partial charge in [-0.2, -0.15) is 4.72 Å². The van der Waals surface area contributed by atoms with Crippen molar-refractivity contribution in [2.75, 3.05) is 25.5 Å². The molecule has 1 heterocycles. The van der Waals surface area contributed by atoms with E-state index in [9.17, 15) is 28.5 Å². The topological polar surface area (TPSA) is 158 Å². The number of aromatic hydroxyl groups is 1. The molecule has 5 aromatic rings. The van der Waals surface area contributed by atoms with Gasteiger partial charge in [-0.05, 0) is 79.0 Å². The number of carbonyl (C=O) groups is 1. The number of rotatable bonds is 15. The van der Waals surface area contributed by atoms with Crippen LogP contribution in [0.4, 0.5) is 5.69 Å². The molecule has 11 nitrogen and oxygen atoms in total. The Morgan fingerprint density at radius 2 is 1.58 bits per heavy atom. The van der Waals surface area contributed by atoms with Crippen molar-refractivity contribution >= 4 is 21.6 Å². The highest BCUT2D eigenvalue weighted by Gasteiger charge is 2.34. The molecule has 0 bridgehead atoms. The lowest BCUT2D eigenvalue weighted by Gasteiger charge is -2.38. The van der Waals surface area contributed by atoms with E-state index in [0.717, 1.165) is 22.3 Å². The normalized spacial score (nSPS) is 18.5. The second-order valence-corrected chi connectivity index (χ2v) is 15.7. The van der Waals surface area contributed by atoms with Crippen molar-refractivity contribution in [2.24, 2.45) is 0 Å². The molecule has 0 radical (unpaired) electrons. The molecule has 1 aliphatic rings. The van der Waals surface area contributed by atoms with E-state index in [-0.39, 0.29) is 35.9 Å². The quantitative estimate of drug-likeness (QED) is 0.0872. The predicted molar refractivity (Wildman–Crippen MR) is 209 cm³/mol. The fraction of sp³-hybridized carbons (Fsp3) is 0.279. The van der Waals surface area contributed by atoms with Gasteiger partial charge in [0.05, 0.1) is 29.8 Å². The molecule has 1 aliphatic heterocycles. The third kappa shape index (κ3) is 10.9. The second-order valence-electron chi connectivity index (χ2n) is 14.0. The largest absolute Gasteiger partial charge is 0.508 e. The van der Waals surface area contributed by atoms with Gasteiger partial charge in [-0.25, -0.2) is 8.42 Å². The number of nitrogens with one attached hydrogen (secondary N) is 2. The van der Waals surface area contributed by atoms with Crippen molar-refractivity contribution in [1.29, 1.82) is 0 Å². The Labute approximate surface area is 322 Å². The Balaban J connectivity index is 1.21. The Morgan fingerprint density at radius 3 is 2.29 bits per heavy atom. The van der Waals surface area contributed by atoms with Gasteiger partial charge in [0.2, 0.25) is 15.9 Å². The number of benzene rings is 5. The second kappa shape index (κ2) is 18.1. The minimum Gasteiger partial charge on any atom is -0.508 e. The summed E-state index contributed by atoms with van der Waals surface area (Å²) < 4.78 is 42.5. The minimum atomic E-state index is -4.03. The number of aryl methyl sites for hydroxylation is 1. The van der Waals surface area contributed by atoms with E-state index in [1.54, 1.807) is 54.6 Å². The fourth-order valence-electron chi connectivity index (χ4n) is 6.59. The summed E-state index contributed by atoms with van der Waals surface area (Å²) in [4.78, 5) is 15.9. The van der Waals surface area contributed by atoms with E-state index < -0.39 is 34.4 Å². The van der Waals surface area contributed by atoms with Crippen molar-refractivity contribution in [3.63, 3.8) is 0 Å². The molecule has 5 N–H and O–H groups in total. The van der Waals surface area contributed by atoms with Crippen LogP contribution in [0.15, 0.2) is 132 Å².